The van der Waals surface area contributed by atoms with Gasteiger partial charge in [-0.3, -0.25) is 19.2 Å². The van der Waals surface area contributed by atoms with Gasteiger partial charge in [-0.2, -0.15) is 26.3 Å². The summed E-state index contributed by atoms with van der Waals surface area (Å²) >= 11 is 2.69. The molecule has 0 saturated carbocycles. The third kappa shape index (κ3) is 9.89. The van der Waals surface area contributed by atoms with Gasteiger partial charge in [0.05, 0.1) is 17.8 Å². The lowest BCUT2D eigenvalue weighted by Crippen LogP contribution is -2.50. The fraction of sp³-hybridized carbons (Fsp3) is 0.371. The molecule has 0 bridgehead atoms. The summed E-state index contributed by atoms with van der Waals surface area (Å²) < 4.78 is 122. The van der Waals surface area contributed by atoms with Crippen LogP contribution in [0.2, 0.25) is 0 Å². The number of nitrogens with two attached hydrogens (primary N) is 1. The fourth-order valence-corrected chi connectivity index (χ4v) is 5.40. The summed E-state index contributed by atoms with van der Waals surface area (Å²) in [6, 6.07) is 8.45. The molecule has 0 aliphatic heterocycles. The number of amides is 2. The summed E-state index contributed by atoms with van der Waals surface area (Å²) in [7, 11) is 5.67. The van der Waals surface area contributed by atoms with Crippen LogP contribution in [0.15, 0.2) is 59.1 Å². The Morgan fingerprint density at radius 2 is 1.35 bits per heavy atom. The van der Waals surface area contributed by atoms with E-state index in [4.69, 9.17) is 23.1 Å². The van der Waals surface area contributed by atoms with Gasteiger partial charge in [-0.25, -0.2) is 8.78 Å². The van der Waals surface area contributed by atoms with Crippen LogP contribution in [0, 0.1) is 11.7 Å². The number of hydrogen-bond donors (Lipinski definition) is 2. The van der Waals surface area contributed by atoms with Crippen molar-refractivity contribution in [2.75, 3.05) is 22.5 Å². The second kappa shape index (κ2) is 15.6. The maximum absolute atomic E-state index is 16.5. The van der Waals surface area contributed by atoms with Crippen molar-refractivity contribution in [3.8, 4) is 0 Å². The number of benzene rings is 3. The normalized spacial score (nSPS) is 12.7. The first-order valence-electron chi connectivity index (χ1n) is 15.6. The molecule has 3 aromatic rings. The number of alkyl halides is 7. The molecule has 0 aromatic heterocycles. The molecule has 0 spiro atoms. The number of nitrogens with one attached hydrogen (secondary N) is 1. The summed E-state index contributed by atoms with van der Waals surface area (Å²) in [5.41, 5.74) is -7.45. The summed E-state index contributed by atoms with van der Waals surface area (Å²) in [6.07, 6.45) is -12.9. The molecule has 0 heterocycles. The monoisotopic (exact) mass is 833 g/mol. The number of rotatable bonds is 9. The molecule has 0 saturated heterocycles. The second-order valence-corrected chi connectivity index (χ2v) is 14.7. The van der Waals surface area contributed by atoms with Gasteiger partial charge in [0.2, 0.25) is 0 Å². The first-order valence-corrected chi connectivity index (χ1v) is 16.4. The van der Waals surface area contributed by atoms with E-state index >= 15 is 4.39 Å². The molecule has 0 aliphatic rings. The molecule has 0 aliphatic carbocycles. The SMILES string of the molecule is [B]c1cc(C(F)(C(F)(F)F)C(F)(F)F)cc(Br)c1NC(=O)c1cccc(N(CC(C(=O)OC(C)(C)C)C(=O)OC(C)(C)C)C(=O)c2cccc(N)c2)c1F. The van der Waals surface area contributed by atoms with Gasteiger partial charge in [0.1, 0.15) is 19.0 Å². The molecule has 0 atom stereocenters. The number of carbonyl (C=O) groups is 4. The average molecular weight is 834 g/mol. The predicted molar refractivity (Wildman–Crippen MR) is 186 cm³/mol. The Kier molecular flexibility index (Phi) is 12.6. The highest BCUT2D eigenvalue weighted by molar-refractivity contribution is 9.10. The molecule has 19 heteroatoms. The van der Waals surface area contributed by atoms with Gasteiger partial charge in [0.25, 0.3) is 11.8 Å². The predicted octanol–water partition coefficient (Wildman–Crippen LogP) is 7.45. The molecular weight excluding hydrogens is 801 g/mol. The lowest BCUT2D eigenvalue weighted by Gasteiger charge is -2.31. The van der Waals surface area contributed by atoms with Crippen LogP contribution in [-0.4, -0.2) is 61.7 Å². The van der Waals surface area contributed by atoms with E-state index in [2.05, 4.69) is 21.2 Å². The molecule has 2 amide bonds. The number of esters is 2. The highest BCUT2D eigenvalue weighted by Crippen LogP contribution is 2.53. The number of carbonyl (C=O) groups excluding carboxylic acids is 4. The lowest BCUT2D eigenvalue weighted by molar-refractivity contribution is -0.348. The van der Waals surface area contributed by atoms with Crippen LogP contribution in [0.3, 0.4) is 0 Å². The molecule has 3 N–H and O–H groups in total. The van der Waals surface area contributed by atoms with Crippen LogP contribution >= 0.6 is 15.9 Å². The highest BCUT2D eigenvalue weighted by Gasteiger charge is 2.73. The smallest absolute Gasteiger partial charge is 0.435 e. The number of nitrogen functional groups attached to an aromatic ring is 1. The van der Waals surface area contributed by atoms with Gasteiger partial charge in [0.15, 0.2) is 11.7 Å². The maximum atomic E-state index is 16.5. The quantitative estimate of drug-likeness (QED) is 0.0754. The van der Waals surface area contributed by atoms with Gasteiger partial charge in [-0.15, -0.1) is 0 Å². The van der Waals surface area contributed by atoms with Gasteiger partial charge < -0.3 is 25.4 Å². The Balaban J connectivity index is 2.16. The van der Waals surface area contributed by atoms with E-state index in [9.17, 15) is 49.9 Å². The van der Waals surface area contributed by atoms with E-state index in [0.29, 0.717) is 4.90 Å². The van der Waals surface area contributed by atoms with Crippen LogP contribution in [-0.2, 0) is 24.7 Å². The molecule has 0 unspecified atom stereocenters. The Morgan fingerprint density at radius 3 is 1.81 bits per heavy atom. The van der Waals surface area contributed by atoms with Crippen LogP contribution in [0.25, 0.3) is 0 Å². The molecule has 3 rings (SSSR count). The van der Waals surface area contributed by atoms with Crippen molar-refractivity contribution in [1.29, 1.82) is 0 Å². The summed E-state index contributed by atoms with van der Waals surface area (Å²) in [5.74, 6) is -8.01. The Labute approximate surface area is 314 Å². The second-order valence-electron chi connectivity index (χ2n) is 13.8. The summed E-state index contributed by atoms with van der Waals surface area (Å²) in [4.78, 5) is 54.9. The van der Waals surface area contributed by atoms with Crippen molar-refractivity contribution in [2.24, 2.45) is 5.92 Å². The number of nitrogens with zero attached hydrogens (tertiary/aromatic N) is 1. The van der Waals surface area contributed by atoms with Crippen LogP contribution in [0.5, 0.6) is 0 Å². The lowest BCUT2D eigenvalue weighted by atomic mass is 9.86. The van der Waals surface area contributed by atoms with Crippen molar-refractivity contribution in [3.63, 3.8) is 0 Å². The largest absolute Gasteiger partial charge is 0.459 e. The minimum atomic E-state index is -6.47. The molecular formula is C35H33BBrF8N3O6. The van der Waals surface area contributed by atoms with Gasteiger partial charge in [-0.1, -0.05) is 23.7 Å². The van der Waals surface area contributed by atoms with Crippen molar-refractivity contribution in [3.05, 3.63) is 81.6 Å². The molecule has 2 radical (unpaired) electrons. The van der Waals surface area contributed by atoms with E-state index in [0.717, 1.165) is 18.2 Å². The zero-order chi connectivity index (χ0) is 41.4. The van der Waals surface area contributed by atoms with Crippen LogP contribution in [0.1, 0.15) is 67.8 Å². The molecule has 3 aromatic carbocycles. The van der Waals surface area contributed by atoms with Gasteiger partial charge in [0, 0.05) is 27.0 Å². The van der Waals surface area contributed by atoms with Crippen LogP contribution < -0.4 is 21.4 Å². The maximum Gasteiger partial charge on any atom is 0.435 e. The standard InChI is InChI=1S/C35H33BBrF8N3O6/c1-31(2,3)53-29(51)21(30(52)54-32(4,5)6)16-48(28(50)17-9-7-10-19(46)13-17)24-12-8-11-20(25(24)38)27(49)47-26-22(36)14-18(15-23(26)37)33(39,34(40,41)42)35(43,44)45/h7-15,21H,16,46H2,1-6H3,(H,47,49). The number of ether oxygens (including phenoxy) is 2. The van der Waals surface area contributed by atoms with Crippen molar-refractivity contribution < 1.29 is 63.8 Å². The minimum absolute atomic E-state index is 0.00752. The van der Waals surface area contributed by atoms with Crippen molar-refractivity contribution >= 4 is 70.1 Å². The Morgan fingerprint density at radius 1 is 0.833 bits per heavy atom. The molecule has 54 heavy (non-hydrogen) atoms. The Hall–Kier alpha value is -4.68. The third-order valence-electron chi connectivity index (χ3n) is 7.18. The summed E-state index contributed by atoms with van der Waals surface area (Å²) in [6.45, 7) is 8.15. The number of hydrogen-bond acceptors (Lipinski definition) is 7. The molecule has 0 fully saturated rings. The van der Waals surface area contributed by atoms with E-state index in [1.165, 1.54) is 65.8 Å². The van der Waals surface area contributed by atoms with Crippen LogP contribution in [0.4, 0.5) is 52.2 Å². The topological polar surface area (TPSA) is 128 Å². The van der Waals surface area contributed by atoms with E-state index in [1.807, 2.05) is 0 Å². The van der Waals surface area contributed by atoms with Crippen molar-refractivity contribution in [1.82, 2.24) is 0 Å². The molecule has 9 nitrogen and oxygen atoms in total. The highest BCUT2D eigenvalue weighted by atomic mass is 79.9. The Bertz CT molecular complexity index is 1880. The fourth-order valence-electron chi connectivity index (χ4n) is 4.82. The van der Waals surface area contributed by atoms with Crippen molar-refractivity contribution in [2.45, 2.75) is 70.8 Å². The zero-order valence-corrected chi connectivity index (χ0v) is 31.0. The minimum Gasteiger partial charge on any atom is -0.459 e. The van der Waals surface area contributed by atoms with E-state index in [-0.39, 0.29) is 23.4 Å². The molecule has 290 valence electrons. The average Bonchev–Trinajstić information content (AvgIpc) is 2.99. The zero-order valence-electron chi connectivity index (χ0n) is 29.4. The first-order chi connectivity index (χ1) is 24.5. The van der Waals surface area contributed by atoms with E-state index < -0.39 is 104 Å². The first kappa shape index (κ1) is 43.7. The van der Waals surface area contributed by atoms with Gasteiger partial charge in [-0.05, 0) is 93.9 Å². The third-order valence-corrected chi connectivity index (χ3v) is 7.80. The number of anilines is 3. The van der Waals surface area contributed by atoms with Gasteiger partial charge >= 0.3 is 30.0 Å². The summed E-state index contributed by atoms with van der Waals surface area (Å²) in [5, 5.41) is 2.05. The van der Waals surface area contributed by atoms with E-state index in [1.54, 1.807) is 0 Å². The number of halogens is 9.